The molecule has 0 spiro atoms. The summed E-state index contributed by atoms with van der Waals surface area (Å²) < 4.78 is 39.1. The minimum absolute atomic E-state index is 0. The molecule has 0 aliphatic carbocycles. The van der Waals surface area contributed by atoms with Crippen molar-refractivity contribution in [2.75, 3.05) is 9.80 Å². The maximum absolute atomic E-state index is 15.0. The Kier molecular flexibility index (Phi) is 12.0. The smallest absolute Gasteiger partial charge is 0.135 e. The summed E-state index contributed by atoms with van der Waals surface area (Å²) in [5.74, 6) is 0.807. The molecule has 0 amide bonds. The molecule has 8 heteroatoms. The summed E-state index contributed by atoms with van der Waals surface area (Å²) in [6.07, 6.45) is 1.88. The fourth-order valence-electron chi connectivity index (χ4n) is 9.51. The third-order valence-electron chi connectivity index (χ3n) is 12.8. The Hall–Kier alpha value is -7.34. The van der Waals surface area contributed by atoms with Crippen LogP contribution in [0.2, 0.25) is 0 Å². The van der Waals surface area contributed by atoms with Crippen molar-refractivity contribution < 1.29 is 34.6 Å². The van der Waals surface area contributed by atoms with Crippen molar-refractivity contribution in [3.63, 3.8) is 0 Å². The molecule has 0 saturated carbocycles. The zero-order valence-corrected chi connectivity index (χ0v) is 41.0. The summed E-state index contributed by atoms with van der Waals surface area (Å²) in [4.78, 5) is 9.11. The maximum Gasteiger partial charge on any atom is 0.135 e. The molecule has 69 heavy (non-hydrogen) atoms. The number of para-hydroxylation sites is 4. The first-order chi connectivity index (χ1) is 33.0. The maximum atomic E-state index is 15.0. The first kappa shape index (κ1) is 45.4. The van der Waals surface area contributed by atoms with E-state index in [2.05, 4.69) is 164 Å². The molecule has 0 saturated heterocycles. The zero-order chi connectivity index (χ0) is 46.7. The molecular weight excluding hydrogens is 1040 g/mol. The van der Waals surface area contributed by atoms with Crippen molar-refractivity contribution in [1.82, 2.24) is 9.55 Å². The van der Waals surface area contributed by atoms with Crippen molar-refractivity contribution >= 4 is 44.6 Å². The van der Waals surface area contributed by atoms with E-state index in [0.717, 1.165) is 78.7 Å². The summed E-state index contributed by atoms with van der Waals surface area (Å²) in [6, 6.07) is 64.5. The van der Waals surface area contributed by atoms with Crippen molar-refractivity contribution in [2.24, 2.45) is 0 Å². The molecule has 1 aliphatic rings. The largest absolute Gasteiger partial charge is 0.509 e. The van der Waals surface area contributed by atoms with E-state index < -0.39 is 11.6 Å². The van der Waals surface area contributed by atoms with Gasteiger partial charge in [-0.2, -0.15) is 6.07 Å². The second kappa shape index (κ2) is 18.3. The SMILES string of the molecule is CC(C)c1ccccc1-c1cc(Oc2[c-]c3c(cc2)c2ccccc2n3-c2cc(C(C)(C)C)ccn2)[c-]c(N2[CH-]N(c3c(-c4ccccc4)cccc3-c3cc(F)cc(F)c3)c3ccccc32)c1.[Pt]. The molecule has 2 aromatic heterocycles. The summed E-state index contributed by atoms with van der Waals surface area (Å²) in [5, 5.41) is 2.14. The Bertz CT molecular complexity index is 3520. The van der Waals surface area contributed by atoms with E-state index >= 15 is 8.78 Å². The van der Waals surface area contributed by atoms with Crippen LogP contribution in [0, 0.1) is 30.4 Å². The first-order valence-corrected chi connectivity index (χ1v) is 22.9. The van der Waals surface area contributed by atoms with Crippen LogP contribution in [0.4, 0.5) is 31.5 Å². The van der Waals surface area contributed by atoms with Crippen molar-refractivity contribution in [1.29, 1.82) is 0 Å². The van der Waals surface area contributed by atoms with Crippen LogP contribution in [0.15, 0.2) is 182 Å². The molecule has 0 N–H and O–H groups in total. The molecule has 1 aliphatic heterocycles. The monoisotopic (exact) mass is 1080 g/mol. The Balaban J connectivity index is 0.00000553. The molecule has 3 heterocycles. The van der Waals surface area contributed by atoms with Crippen molar-refractivity contribution in [3.8, 4) is 50.7 Å². The van der Waals surface area contributed by atoms with Crippen LogP contribution < -0.4 is 14.5 Å². The Morgan fingerprint density at radius 2 is 1.23 bits per heavy atom. The standard InChI is InChI=1S/C61H47F2N4O.Pt/c1-39(2)49-18-9-10-19-50(49)42-32-46(36-48(33-42)68-47-26-27-54-53-20-11-12-23-55(53)67(58(54)37-47)59-34-43(28-29-64-59)61(3,4)5)65-38-66(57-25-14-13-24-56(57)65)60-51(40-16-7-6-8-17-40)21-15-22-52(60)41-30-44(62)35-45(63)31-41;/h6-35,38-39H,1-5H3;/q-3;. The fraction of sp³-hybridized carbons (Fsp3) is 0.115. The Labute approximate surface area is 416 Å². The zero-order valence-electron chi connectivity index (χ0n) is 38.7. The predicted molar refractivity (Wildman–Crippen MR) is 273 cm³/mol. The van der Waals surface area contributed by atoms with Crippen LogP contribution in [0.1, 0.15) is 51.7 Å². The number of anilines is 4. The van der Waals surface area contributed by atoms with Gasteiger partial charge < -0.3 is 19.1 Å². The molecule has 10 aromatic rings. The molecule has 11 rings (SSSR count). The molecule has 5 nitrogen and oxygen atoms in total. The fourth-order valence-corrected chi connectivity index (χ4v) is 9.51. The van der Waals surface area contributed by atoms with Crippen LogP contribution in [0.5, 0.6) is 11.5 Å². The van der Waals surface area contributed by atoms with Crippen LogP contribution in [-0.2, 0) is 26.5 Å². The van der Waals surface area contributed by atoms with E-state index in [9.17, 15) is 0 Å². The van der Waals surface area contributed by atoms with Gasteiger partial charge in [-0.05, 0) is 87.0 Å². The normalized spacial score (nSPS) is 12.5. The van der Waals surface area contributed by atoms with Crippen LogP contribution in [0.3, 0.4) is 0 Å². The molecule has 344 valence electrons. The number of hydrogen-bond donors (Lipinski definition) is 0. The second-order valence-corrected chi connectivity index (χ2v) is 18.6. The topological polar surface area (TPSA) is 33.5 Å². The minimum Gasteiger partial charge on any atom is -0.509 e. The first-order valence-electron chi connectivity index (χ1n) is 22.9. The summed E-state index contributed by atoms with van der Waals surface area (Å²) >= 11 is 0. The number of aromatic nitrogens is 2. The van der Waals surface area contributed by atoms with Gasteiger partial charge in [0.1, 0.15) is 17.5 Å². The summed E-state index contributed by atoms with van der Waals surface area (Å²) in [6.45, 7) is 13.1. The molecular formula is C61H47F2N4OPt-3. The quantitative estimate of drug-likeness (QED) is 0.135. The van der Waals surface area contributed by atoms with E-state index in [-0.39, 0.29) is 32.4 Å². The van der Waals surface area contributed by atoms with Gasteiger partial charge in [0.2, 0.25) is 0 Å². The van der Waals surface area contributed by atoms with Gasteiger partial charge >= 0.3 is 0 Å². The minimum atomic E-state index is -0.645. The molecule has 8 aromatic carbocycles. The van der Waals surface area contributed by atoms with Gasteiger partial charge in [0.15, 0.2) is 0 Å². The number of fused-ring (bicyclic) bond motifs is 4. The van der Waals surface area contributed by atoms with Gasteiger partial charge in [0, 0.05) is 78.5 Å². The van der Waals surface area contributed by atoms with E-state index in [1.165, 1.54) is 23.3 Å². The van der Waals surface area contributed by atoms with Gasteiger partial charge in [-0.15, -0.1) is 53.6 Å². The molecule has 0 fully saturated rings. The molecule has 0 bridgehead atoms. The van der Waals surface area contributed by atoms with Gasteiger partial charge in [0.25, 0.3) is 0 Å². The number of pyridine rings is 1. The number of nitrogens with zero attached hydrogens (tertiary/aromatic N) is 4. The number of hydrogen-bond acceptors (Lipinski definition) is 4. The van der Waals surface area contributed by atoms with Crippen molar-refractivity contribution in [3.05, 3.63) is 224 Å². The Morgan fingerprint density at radius 1 is 0.580 bits per heavy atom. The van der Waals surface area contributed by atoms with E-state index in [4.69, 9.17) is 9.72 Å². The summed E-state index contributed by atoms with van der Waals surface area (Å²) in [5.41, 5.74) is 12.5. The Morgan fingerprint density at radius 3 is 1.99 bits per heavy atom. The number of benzene rings is 8. The summed E-state index contributed by atoms with van der Waals surface area (Å²) in [7, 11) is 0. The van der Waals surface area contributed by atoms with Gasteiger partial charge in [-0.25, -0.2) is 13.8 Å². The number of rotatable bonds is 9. The number of ether oxygens (including phenoxy) is 1. The van der Waals surface area contributed by atoms with Crippen LogP contribution >= 0.6 is 0 Å². The van der Waals surface area contributed by atoms with Crippen molar-refractivity contribution in [2.45, 2.75) is 46.0 Å². The van der Waals surface area contributed by atoms with Gasteiger partial charge in [-0.3, -0.25) is 0 Å². The third-order valence-corrected chi connectivity index (χ3v) is 12.8. The number of halogens is 2. The average molecular weight is 1090 g/mol. The molecule has 0 unspecified atom stereocenters. The van der Waals surface area contributed by atoms with Gasteiger partial charge in [-0.1, -0.05) is 143 Å². The van der Waals surface area contributed by atoms with Gasteiger partial charge in [0.05, 0.1) is 0 Å². The predicted octanol–water partition coefficient (Wildman–Crippen LogP) is 16.7. The van der Waals surface area contributed by atoms with E-state index in [1.54, 1.807) is 0 Å². The van der Waals surface area contributed by atoms with E-state index in [0.29, 0.717) is 22.6 Å². The average Bonchev–Trinajstić information content (AvgIpc) is 3.89. The molecule has 0 radical (unpaired) electrons. The molecule has 0 atom stereocenters. The second-order valence-electron chi connectivity index (χ2n) is 18.6. The van der Waals surface area contributed by atoms with Crippen LogP contribution in [0.25, 0.3) is 61.0 Å². The van der Waals surface area contributed by atoms with E-state index in [1.807, 2.05) is 67.5 Å². The van der Waals surface area contributed by atoms with Crippen LogP contribution in [-0.4, -0.2) is 9.55 Å². The third kappa shape index (κ3) is 8.50.